The number of methoxy groups -OCH3 is 1. The first-order valence-corrected chi connectivity index (χ1v) is 11.3. The van der Waals surface area contributed by atoms with Crippen molar-refractivity contribution in [3.63, 3.8) is 0 Å². The Morgan fingerprint density at radius 1 is 1.11 bits per heavy atom. The van der Waals surface area contributed by atoms with Crippen LogP contribution >= 0.6 is 0 Å². The zero-order chi connectivity index (χ0) is 27.6. The third kappa shape index (κ3) is 8.27. The molecule has 0 saturated heterocycles. The second-order valence-corrected chi connectivity index (χ2v) is 8.89. The Labute approximate surface area is 216 Å². The van der Waals surface area contributed by atoms with Gasteiger partial charge >= 0.3 is 6.09 Å². The maximum atomic E-state index is 13.5. The van der Waals surface area contributed by atoms with Gasteiger partial charge in [-0.15, -0.1) is 6.42 Å². The standard InChI is InChI=1S/C27H30N4O6/c1-6-18-7-9-19(10-8-18)23(24(33)29-20-11-13-21(36-5)14-12-20)31(16-15-28)25(34)22(17-32)30-26(35)37-27(2,3)4/h1,7-14,22-23,32H,16-17H2,2-5H3,(H,29,33)(H,30,35). The maximum Gasteiger partial charge on any atom is 0.408 e. The molecule has 194 valence electrons. The number of nitrogens with one attached hydrogen (secondary N) is 2. The third-order valence-electron chi connectivity index (χ3n) is 5.01. The van der Waals surface area contributed by atoms with Crippen LogP contribution in [0.15, 0.2) is 48.5 Å². The highest BCUT2D eigenvalue weighted by Crippen LogP contribution is 2.25. The molecule has 0 aliphatic carbocycles. The van der Waals surface area contributed by atoms with Crippen LogP contribution in [0.25, 0.3) is 0 Å². The Bertz CT molecular complexity index is 1170. The minimum Gasteiger partial charge on any atom is -0.497 e. The number of carbonyl (C=O) groups is 3. The Balaban J connectivity index is 2.44. The summed E-state index contributed by atoms with van der Waals surface area (Å²) in [6, 6.07) is 12.0. The Hall–Kier alpha value is -4.54. The number of carbonyl (C=O) groups excluding carboxylic acids is 3. The number of benzene rings is 2. The van der Waals surface area contributed by atoms with E-state index < -0.39 is 48.7 Å². The maximum absolute atomic E-state index is 13.5. The highest BCUT2D eigenvalue weighted by atomic mass is 16.6. The van der Waals surface area contributed by atoms with Gasteiger partial charge in [0.15, 0.2) is 0 Å². The Morgan fingerprint density at radius 3 is 2.22 bits per heavy atom. The molecular formula is C27H30N4O6. The molecule has 0 spiro atoms. The molecule has 10 heteroatoms. The van der Waals surface area contributed by atoms with E-state index in [1.165, 1.54) is 7.11 Å². The van der Waals surface area contributed by atoms with Crippen LogP contribution < -0.4 is 15.4 Å². The second kappa shape index (κ2) is 13.0. The predicted octanol–water partition coefficient (Wildman–Crippen LogP) is 2.59. The van der Waals surface area contributed by atoms with E-state index in [0.717, 1.165) is 4.90 Å². The highest BCUT2D eigenvalue weighted by molar-refractivity contribution is 5.99. The molecule has 0 bridgehead atoms. The van der Waals surface area contributed by atoms with Crippen LogP contribution in [0, 0.1) is 23.7 Å². The molecule has 37 heavy (non-hydrogen) atoms. The van der Waals surface area contributed by atoms with Gasteiger partial charge in [-0.05, 0) is 62.7 Å². The van der Waals surface area contributed by atoms with Crippen molar-refractivity contribution >= 4 is 23.6 Å². The quantitative estimate of drug-likeness (QED) is 0.351. The summed E-state index contributed by atoms with van der Waals surface area (Å²) in [7, 11) is 1.51. The molecule has 3 N–H and O–H groups in total. The van der Waals surface area contributed by atoms with E-state index in [9.17, 15) is 24.8 Å². The van der Waals surface area contributed by atoms with Crippen molar-refractivity contribution in [3.05, 3.63) is 59.7 Å². The van der Waals surface area contributed by atoms with E-state index in [1.54, 1.807) is 69.3 Å². The number of nitrogens with zero attached hydrogens (tertiary/aromatic N) is 2. The van der Waals surface area contributed by atoms with Crippen molar-refractivity contribution in [1.82, 2.24) is 10.2 Å². The van der Waals surface area contributed by atoms with Crippen molar-refractivity contribution in [2.24, 2.45) is 0 Å². The normalized spacial score (nSPS) is 12.2. The fraction of sp³-hybridized carbons (Fsp3) is 0.333. The monoisotopic (exact) mass is 506 g/mol. The minimum absolute atomic E-state index is 0.363. The lowest BCUT2D eigenvalue weighted by Gasteiger charge is -2.32. The number of rotatable bonds is 9. The largest absolute Gasteiger partial charge is 0.497 e. The van der Waals surface area contributed by atoms with Gasteiger partial charge in [0.2, 0.25) is 5.91 Å². The van der Waals surface area contributed by atoms with Crippen molar-refractivity contribution in [1.29, 1.82) is 5.26 Å². The number of aliphatic hydroxyl groups excluding tert-OH is 1. The molecule has 0 aliphatic rings. The molecule has 2 aromatic rings. The lowest BCUT2D eigenvalue weighted by Crippen LogP contribution is -2.54. The number of alkyl carbamates (subject to hydrolysis) is 1. The van der Waals surface area contributed by atoms with Crippen LogP contribution in [-0.2, 0) is 14.3 Å². The number of amides is 3. The third-order valence-corrected chi connectivity index (χ3v) is 5.01. The van der Waals surface area contributed by atoms with Gasteiger partial charge in [0.05, 0.1) is 19.8 Å². The van der Waals surface area contributed by atoms with Crippen molar-refractivity contribution in [3.8, 4) is 24.2 Å². The average molecular weight is 507 g/mol. The first-order chi connectivity index (χ1) is 17.5. The lowest BCUT2D eigenvalue weighted by molar-refractivity contribution is -0.140. The number of ether oxygens (including phenoxy) is 2. The highest BCUT2D eigenvalue weighted by Gasteiger charge is 2.36. The number of hydrogen-bond acceptors (Lipinski definition) is 7. The molecule has 2 aromatic carbocycles. The first-order valence-electron chi connectivity index (χ1n) is 11.3. The van der Waals surface area contributed by atoms with Crippen molar-refractivity contribution in [2.75, 3.05) is 25.6 Å². The molecule has 0 aliphatic heterocycles. The van der Waals surface area contributed by atoms with Gasteiger partial charge in [0.25, 0.3) is 5.91 Å². The number of hydrogen-bond donors (Lipinski definition) is 3. The first kappa shape index (κ1) is 28.7. The van der Waals surface area contributed by atoms with Crippen LogP contribution in [-0.4, -0.2) is 59.8 Å². The van der Waals surface area contributed by atoms with Gasteiger partial charge in [-0.1, -0.05) is 18.1 Å². The smallest absolute Gasteiger partial charge is 0.408 e. The number of nitriles is 1. The molecular weight excluding hydrogens is 476 g/mol. The number of anilines is 1. The van der Waals surface area contributed by atoms with Crippen LogP contribution in [0.5, 0.6) is 5.75 Å². The fourth-order valence-electron chi connectivity index (χ4n) is 3.33. The van der Waals surface area contributed by atoms with Crippen LogP contribution in [0.4, 0.5) is 10.5 Å². The van der Waals surface area contributed by atoms with Gasteiger partial charge in [-0.3, -0.25) is 9.59 Å². The summed E-state index contributed by atoms with van der Waals surface area (Å²) in [4.78, 5) is 40.2. The van der Waals surface area contributed by atoms with Crippen LogP contribution in [0.2, 0.25) is 0 Å². The number of aliphatic hydroxyl groups is 1. The lowest BCUT2D eigenvalue weighted by atomic mass is 10.0. The molecule has 3 amide bonds. The molecule has 0 fully saturated rings. The zero-order valence-electron chi connectivity index (χ0n) is 21.1. The molecule has 2 rings (SSSR count). The Kier molecular flexibility index (Phi) is 10.1. The minimum atomic E-state index is -1.47. The zero-order valence-corrected chi connectivity index (χ0v) is 21.1. The van der Waals surface area contributed by atoms with Crippen molar-refractivity contribution < 1.29 is 29.0 Å². The molecule has 2 unspecified atom stereocenters. The van der Waals surface area contributed by atoms with Gasteiger partial charge in [0, 0.05) is 11.3 Å². The van der Waals surface area contributed by atoms with E-state index in [-0.39, 0.29) is 0 Å². The molecule has 10 nitrogen and oxygen atoms in total. The Morgan fingerprint density at radius 2 is 1.73 bits per heavy atom. The summed E-state index contributed by atoms with van der Waals surface area (Å²) in [5.74, 6) is 1.58. The van der Waals surface area contributed by atoms with E-state index in [2.05, 4.69) is 16.6 Å². The van der Waals surface area contributed by atoms with E-state index in [4.69, 9.17) is 15.9 Å². The van der Waals surface area contributed by atoms with Gasteiger partial charge in [0.1, 0.15) is 30.0 Å². The van der Waals surface area contributed by atoms with Gasteiger partial charge in [-0.25, -0.2) is 4.79 Å². The molecule has 0 heterocycles. The van der Waals surface area contributed by atoms with Gasteiger partial charge < -0.3 is 30.1 Å². The summed E-state index contributed by atoms with van der Waals surface area (Å²) in [6.07, 6.45) is 4.50. The van der Waals surface area contributed by atoms with E-state index in [1.807, 2.05) is 6.07 Å². The van der Waals surface area contributed by atoms with Crippen molar-refractivity contribution in [2.45, 2.75) is 38.5 Å². The van der Waals surface area contributed by atoms with Crippen LogP contribution in [0.3, 0.4) is 0 Å². The van der Waals surface area contributed by atoms with Crippen LogP contribution in [0.1, 0.15) is 37.9 Å². The van der Waals surface area contributed by atoms with Gasteiger partial charge in [-0.2, -0.15) is 5.26 Å². The molecule has 2 atom stereocenters. The fourth-order valence-corrected chi connectivity index (χ4v) is 3.33. The summed E-state index contributed by atoms with van der Waals surface area (Å²) < 4.78 is 10.3. The average Bonchev–Trinajstić information content (AvgIpc) is 2.86. The predicted molar refractivity (Wildman–Crippen MR) is 136 cm³/mol. The molecule has 0 saturated carbocycles. The number of terminal acetylenes is 1. The SMILES string of the molecule is C#Cc1ccc(C(C(=O)Nc2ccc(OC)cc2)N(CC#N)C(=O)C(CO)NC(=O)OC(C)(C)C)cc1. The summed E-state index contributed by atoms with van der Waals surface area (Å²) in [5.41, 5.74) is 0.489. The second-order valence-electron chi connectivity index (χ2n) is 8.89. The van der Waals surface area contributed by atoms with E-state index >= 15 is 0 Å². The molecule has 0 aromatic heterocycles. The summed E-state index contributed by atoms with van der Waals surface area (Å²) in [5, 5.41) is 24.4. The summed E-state index contributed by atoms with van der Waals surface area (Å²) >= 11 is 0. The summed E-state index contributed by atoms with van der Waals surface area (Å²) in [6.45, 7) is 3.63. The topological polar surface area (TPSA) is 141 Å². The van der Waals surface area contributed by atoms with E-state index in [0.29, 0.717) is 22.6 Å². The molecule has 0 radical (unpaired) electrons.